The van der Waals surface area contributed by atoms with Crippen molar-refractivity contribution in [3.63, 3.8) is 0 Å². The van der Waals surface area contributed by atoms with Crippen LogP contribution in [0.15, 0.2) is 16.3 Å². The van der Waals surface area contributed by atoms with Gasteiger partial charge in [0.1, 0.15) is 5.84 Å². The van der Waals surface area contributed by atoms with Gasteiger partial charge < -0.3 is 4.90 Å². The van der Waals surface area contributed by atoms with Crippen LogP contribution in [0.4, 0.5) is 0 Å². The van der Waals surface area contributed by atoms with Gasteiger partial charge >= 0.3 is 7.75 Å². The standard InChI is InChI=1S/C14H26N3O3P/c1-6-19-21(18,20-7-2)16-13-8-14-10(3)11(4)15-12(5)17(14)9-13/h11,13H,6-9H2,1-5H3,(H,16,18)/t11-,13-/m0/s1. The van der Waals surface area contributed by atoms with Crippen molar-refractivity contribution in [1.82, 2.24) is 9.99 Å². The number of amidine groups is 1. The third kappa shape index (κ3) is 3.57. The summed E-state index contributed by atoms with van der Waals surface area (Å²) in [5, 5.41) is 3.09. The molecule has 1 fully saturated rings. The topological polar surface area (TPSA) is 63.2 Å². The Morgan fingerprint density at radius 2 is 1.95 bits per heavy atom. The van der Waals surface area contributed by atoms with Gasteiger partial charge in [-0.15, -0.1) is 0 Å². The summed E-state index contributed by atoms with van der Waals surface area (Å²) in [5.74, 6) is 1.02. The first kappa shape index (κ1) is 16.7. The second-order valence-corrected chi connectivity index (χ2v) is 7.23. The van der Waals surface area contributed by atoms with Crippen LogP contribution in [-0.4, -0.2) is 42.6 Å². The van der Waals surface area contributed by atoms with Gasteiger partial charge in [-0.1, -0.05) is 0 Å². The first-order valence-corrected chi connectivity index (χ1v) is 9.13. The third-order valence-electron chi connectivity index (χ3n) is 3.96. The van der Waals surface area contributed by atoms with Crippen molar-refractivity contribution in [2.45, 2.75) is 53.1 Å². The summed E-state index contributed by atoms with van der Waals surface area (Å²) >= 11 is 0. The zero-order valence-electron chi connectivity index (χ0n) is 13.5. The summed E-state index contributed by atoms with van der Waals surface area (Å²) in [5.41, 5.74) is 2.57. The van der Waals surface area contributed by atoms with Crippen LogP contribution in [0.3, 0.4) is 0 Å². The molecule has 0 aliphatic carbocycles. The predicted octanol–water partition coefficient (Wildman–Crippen LogP) is 2.93. The van der Waals surface area contributed by atoms with E-state index in [-0.39, 0.29) is 12.1 Å². The van der Waals surface area contributed by atoms with E-state index < -0.39 is 7.75 Å². The first-order valence-electron chi connectivity index (χ1n) is 7.58. The minimum absolute atomic E-state index is 0.0503. The van der Waals surface area contributed by atoms with Crippen LogP contribution in [-0.2, 0) is 13.6 Å². The average molecular weight is 315 g/mol. The van der Waals surface area contributed by atoms with Crippen LogP contribution in [0.1, 0.15) is 41.0 Å². The van der Waals surface area contributed by atoms with E-state index in [9.17, 15) is 4.57 Å². The molecule has 2 aliphatic heterocycles. The molecule has 0 saturated carbocycles. The van der Waals surface area contributed by atoms with Gasteiger partial charge in [-0.25, -0.2) is 9.65 Å². The van der Waals surface area contributed by atoms with Gasteiger partial charge in [0, 0.05) is 24.7 Å². The number of fused-ring (bicyclic) bond motifs is 1. The predicted molar refractivity (Wildman–Crippen MR) is 84.4 cm³/mol. The number of nitrogens with zero attached hydrogens (tertiary/aromatic N) is 2. The minimum Gasteiger partial charge on any atom is -0.332 e. The van der Waals surface area contributed by atoms with E-state index in [1.54, 1.807) is 0 Å². The van der Waals surface area contributed by atoms with E-state index in [0.29, 0.717) is 13.2 Å². The molecular formula is C14H26N3O3P. The van der Waals surface area contributed by atoms with Gasteiger partial charge in [0.15, 0.2) is 0 Å². The molecule has 2 rings (SSSR count). The van der Waals surface area contributed by atoms with Crippen molar-refractivity contribution in [3.8, 4) is 0 Å². The zero-order chi connectivity index (χ0) is 15.6. The Morgan fingerprint density at radius 1 is 1.33 bits per heavy atom. The van der Waals surface area contributed by atoms with E-state index in [4.69, 9.17) is 9.05 Å². The number of aliphatic imine (C=N–C) groups is 1. The van der Waals surface area contributed by atoms with E-state index in [2.05, 4.69) is 28.8 Å². The lowest BCUT2D eigenvalue weighted by Gasteiger charge is -2.28. The normalized spacial score (nSPS) is 26.1. The molecule has 0 amide bonds. The fourth-order valence-corrected chi connectivity index (χ4v) is 4.41. The molecular weight excluding hydrogens is 289 g/mol. The van der Waals surface area contributed by atoms with Crippen molar-refractivity contribution in [2.24, 2.45) is 4.99 Å². The molecule has 1 N–H and O–H groups in total. The fraction of sp³-hybridized carbons (Fsp3) is 0.786. The molecule has 120 valence electrons. The summed E-state index contributed by atoms with van der Waals surface area (Å²) in [6.45, 7) is 11.4. The number of hydrogen-bond donors (Lipinski definition) is 1. The van der Waals surface area contributed by atoms with Crippen molar-refractivity contribution >= 4 is 13.6 Å². The van der Waals surface area contributed by atoms with E-state index in [0.717, 1.165) is 18.8 Å². The highest BCUT2D eigenvalue weighted by Gasteiger charge is 2.37. The van der Waals surface area contributed by atoms with Crippen LogP contribution >= 0.6 is 7.75 Å². The Morgan fingerprint density at radius 3 is 2.52 bits per heavy atom. The quantitative estimate of drug-likeness (QED) is 0.764. The molecule has 0 unspecified atom stereocenters. The monoisotopic (exact) mass is 315 g/mol. The Bertz CT molecular complexity index is 494. The Balaban J connectivity index is 2.12. The highest BCUT2D eigenvalue weighted by Crippen LogP contribution is 2.45. The number of nitrogens with one attached hydrogen (secondary N) is 1. The zero-order valence-corrected chi connectivity index (χ0v) is 14.4. The summed E-state index contributed by atoms with van der Waals surface area (Å²) in [4.78, 5) is 6.84. The lowest BCUT2D eigenvalue weighted by atomic mass is 10.0. The molecule has 2 atom stereocenters. The van der Waals surface area contributed by atoms with Crippen LogP contribution in [0.5, 0.6) is 0 Å². The highest BCUT2D eigenvalue weighted by atomic mass is 31.2. The van der Waals surface area contributed by atoms with Gasteiger partial charge in [0.05, 0.1) is 19.3 Å². The summed E-state index contributed by atoms with van der Waals surface area (Å²) in [6, 6.07) is 0.273. The molecule has 0 spiro atoms. The summed E-state index contributed by atoms with van der Waals surface area (Å²) in [6.07, 6.45) is 0.827. The lowest BCUT2D eigenvalue weighted by molar-refractivity contribution is 0.207. The van der Waals surface area contributed by atoms with Gasteiger partial charge in [-0.05, 0) is 40.2 Å². The number of hydrogen-bond acceptors (Lipinski definition) is 5. The van der Waals surface area contributed by atoms with Crippen LogP contribution < -0.4 is 5.09 Å². The number of rotatable bonds is 6. The van der Waals surface area contributed by atoms with Crippen molar-refractivity contribution in [2.75, 3.05) is 19.8 Å². The van der Waals surface area contributed by atoms with Crippen LogP contribution in [0.2, 0.25) is 0 Å². The van der Waals surface area contributed by atoms with Crippen molar-refractivity contribution in [1.29, 1.82) is 0 Å². The van der Waals surface area contributed by atoms with Crippen molar-refractivity contribution < 1.29 is 13.6 Å². The summed E-state index contributed by atoms with van der Waals surface area (Å²) in [7, 11) is -3.22. The largest absolute Gasteiger partial charge is 0.405 e. The highest BCUT2D eigenvalue weighted by molar-refractivity contribution is 7.51. The second-order valence-electron chi connectivity index (χ2n) is 5.46. The Hall–Kier alpha value is -0.680. The van der Waals surface area contributed by atoms with E-state index in [1.165, 1.54) is 11.3 Å². The summed E-state index contributed by atoms with van der Waals surface area (Å²) < 4.78 is 23.2. The maximum atomic E-state index is 12.6. The Kier molecular flexibility index (Phi) is 5.25. The van der Waals surface area contributed by atoms with Gasteiger partial charge in [0.25, 0.3) is 0 Å². The van der Waals surface area contributed by atoms with Gasteiger partial charge in [-0.3, -0.25) is 14.0 Å². The molecule has 2 heterocycles. The average Bonchev–Trinajstić information content (AvgIpc) is 2.80. The van der Waals surface area contributed by atoms with Gasteiger partial charge in [-0.2, -0.15) is 0 Å². The first-order chi connectivity index (χ1) is 9.90. The molecule has 7 heteroatoms. The molecule has 0 aromatic carbocycles. The molecule has 21 heavy (non-hydrogen) atoms. The third-order valence-corrected chi connectivity index (χ3v) is 5.84. The van der Waals surface area contributed by atoms with Crippen molar-refractivity contribution in [3.05, 3.63) is 11.3 Å². The molecule has 1 saturated heterocycles. The van der Waals surface area contributed by atoms with Crippen LogP contribution in [0.25, 0.3) is 0 Å². The molecule has 2 aliphatic rings. The molecule has 0 bridgehead atoms. The second kappa shape index (κ2) is 6.61. The fourth-order valence-electron chi connectivity index (χ4n) is 2.89. The molecule has 0 aromatic rings. The minimum atomic E-state index is -3.22. The molecule has 6 nitrogen and oxygen atoms in total. The van der Waals surface area contributed by atoms with Gasteiger partial charge in [0.2, 0.25) is 0 Å². The van der Waals surface area contributed by atoms with Crippen LogP contribution in [0, 0.1) is 0 Å². The molecule has 0 radical (unpaired) electrons. The SMILES string of the molecule is CCOP(=O)(N[C@H]1CC2=C(C)[C@H](C)N=C(C)N2C1)OCC. The molecule has 0 aromatic heterocycles. The maximum absolute atomic E-state index is 12.6. The lowest BCUT2D eigenvalue weighted by Crippen LogP contribution is -2.35. The van der Waals surface area contributed by atoms with E-state index in [1.807, 2.05) is 20.8 Å². The van der Waals surface area contributed by atoms with E-state index >= 15 is 0 Å². The maximum Gasteiger partial charge on any atom is 0.405 e. The Labute approximate surface area is 127 Å². The smallest absolute Gasteiger partial charge is 0.332 e.